The third kappa shape index (κ3) is 3.14. The van der Waals surface area contributed by atoms with Crippen molar-refractivity contribution < 1.29 is 28.7 Å². The predicted octanol–water partition coefficient (Wildman–Crippen LogP) is 2.49. The average molecular weight is 398 g/mol. The van der Waals surface area contributed by atoms with Crippen molar-refractivity contribution in [3.05, 3.63) is 69.3 Å². The van der Waals surface area contributed by atoms with E-state index in [1.165, 1.54) is 25.3 Å². The second-order valence-corrected chi connectivity index (χ2v) is 6.65. The van der Waals surface area contributed by atoms with E-state index in [1.54, 1.807) is 24.3 Å². The Hall–Kier alpha value is -3.30. The number of hydrogen-bond donors (Lipinski definition) is 0. The molecule has 0 aromatic heterocycles. The molecule has 2 aliphatic rings. The number of amides is 2. The second kappa shape index (κ2) is 7.26. The van der Waals surface area contributed by atoms with E-state index in [4.69, 9.17) is 14.2 Å². The van der Waals surface area contributed by atoms with Gasteiger partial charge in [0.2, 0.25) is 5.79 Å². The molecular formula is C20H18N2O7. The minimum atomic E-state index is -1.45. The summed E-state index contributed by atoms with van der Waals surface area (Å²) in [5, 5.41) is 11.6. The minimum absolute atomic E-state index is 0.0132. The number of rotatable bonds is 6. The van der Waals surface area contributed by atoms with E-state index < -0.39 is 22.5 Å². The van der Waals surface area contributed by atoms with Gasteiger partial charge in [0, 0.05) is 19.0 Å². The highest BCUT2D eigenvalue weighted by Crippen LogP contribution is 2.42. The van der Waals surface area contributed by atoms with Crippen LogP contribution in [0.5, 0.6) is 5.75 Å². The standard InChI is InChI=1S/C20H18N2O7/c1-27-13-6-7-17(22(25)26)16(12-13)20(28-10-11-29-20)8-9-21-18(23)14-4-2-3-5-15(14)19(21)24/h2-7,12H,8-11H2,1H3. The lowest BCUT2D eigenvalue weighted by atomic mass is 9.99. The highest BCUT2D eigenvalue weighted by atomic mass is 16.7. The first kappa shape index (κ1) is 19.0. The molecule has 0 unspecified atom stereocenters. The van der Waals surface area contributed by atoms with Crippen LogP contribution in [0.2, 0.25) is 0 Å². The molecule has 0 radical (unpaired) electrons. The zero-order valence-corrected chi connectivity index (χ0v) is 15.6. The van der Waals surface area contributed by atoms with Gasteiger partial charge in [-0.1, -0.05) is 12.1 Å². The molecule has 9 heteroatoms. The topological polar surface area (TPSA) is 108 Å². The van der Waals surface area contributed by atoms with Crippen molar-refractivity contribution in [2.24, 2.45) is 0 Å². The van der Waals surface area contributed by atoms with Crippen LogP contribution in [0.1, 0.15) is 32.7 Å². The number of hydrogen-bond acceptors (Lipinski definition) is 7. The zero-order valence-electron chi connectivity index (χ0n) is 15.6. The molecule has 29 heavy (non-hydrogen) atoms. The maximum absolute atomic E-state index is 12.6. The van der Waals surface area contributed by atoms with Gasteiger partial charge in [-0.15, -0.1) is 0 Å². The highest BCUT2D eigenvalue weighted by Gasteiger charge is 2.45. The largest absolute Gasteiger partial charge is 0.497 e. The third-order valence-corrected chi connectivity index (χ3v) is 5.11. The maximum atomic E-state index is 12.6. The summed E-state index contributed by atoms with van der Waals surface area (Å²) in [6.45, 7) is 0.452. The van der Waals surface area contributed by atoms with Gasteiger partial charge in [0.25, 0.3) is 17.5 Å². The van der Waals surface area contributed by atoms with E-state index >= 15 is 0 Å². The first-order chi connectivity index (χ1) is 14.0. The van der Waals surface area contributed by atoms with Crippen molar-refractivity contribution in [2.45, 2.75) is 12.2 Å². The van der Waals surface area contributed by atoms with Gasteiger partial charge in [-0.3, -0.25) is 24.6 Å². The van der Waals surface area contributed by atoms with Crippen molar-refractivity contribution in [3.63, 3.8) is 0 Å². The summed E-state index contributed by atoms with van der Waals surface area (Å²) >= 11 is 0. The Kier molecular flexibility index (Phi) is 4.77. The molecule has 2 amide bonds. The lowest BCUT2D eigenvalue weighted by Gasteiger charge is -2.29. The van der Waals surface area contributed by atoms with Gasteiger partial charge in [0.15, 0.2) is 0 Å². The number of carbonyl (C=O) groups excluding carboxylic acids is 2. The zero-order chi connectivity index (χ0) is 20.6. The summed E-state index contributed by atoms with van der Waals surface area (Å²) in [6, 6.07) is 10.9. The van der Waals surface area contributed by atoms with Gasteiger partial charge in [-0.25, -0.2) is 0 Å². The Balaban J connectivity index is 1.66. The highest BCUT2D eigenvalue weighted by molar-refractivity contribution is 6.21. The van der Waals surface area contributed by atoms with Crippen LogP contribution in [-0.2, 0) is 15.3 Å². The number of nitrogens with zero attached hydrogens (tertiary/aromatic N) is 2. The molecule has 0 spiro atoms. The van der Waals surface area contributed by atoms with Crippen molar-refractivity contribution in [1.82, 2.24) is 4.90 Å². The van der Waals surface area contributed by atoms with Gasteiger partial charge in [0.05, 0.1) is 41.9 Å². The number of imide groups is 1. The van der Waals surface area contributed by atoms with Crippen molar-refractivity contribution in [1.29, 1.82) is 0 Å². The SMILES string of the molecule is COc1ccc([N+](=O)[O-])c(C2(CCN3C(=O)c4ccccc4C3=O)OCCO2)c1. The summed E-state index contributed by atoms with van der Waals surface area (Å²) in [7, 11) is 1.45. The second-order valence-electron chi connectivity index (χ2n) is 6.65. The molecule has 2 aromatic rings. The first-order valence-electron chi connectivity index (χ1n) is 9.03. The van der Waals surface area contributed by atoms with Gasteiger partial charge < -0.3 is 14.2 Å². The monoisotopic (exact) mass is 398 g/mol. The number of nitro benzene ring substituents is 1. The quantitative estimate of drug-likeness (QED) is 0.418. The molecule has 2 aliphatic heterocycles. The lowest BCUT2D eigenvalue weighted by Crippen LogP contribution is -2.37. The van der Waals surface area contributed by atoms with Crippen molar-refractivity contribution in [2.75, 3.05) is 26.9 Å². The molecule has 1 fully saturated rings. The molecule has 0 saturated carbocycles. The van der Waals surface area contributed by atoms with E-state index in [-0.39, 0.29) is 37.4 Å². The van der Waals surface area contributed by atoms with Crippen LogP contribution in [0.15, 0.2) is 42.5 Å². The summed E-state index contributed by atoms with van der Waals surface area (Å²) in [4.78, 5) is 37.4. The Labute approximate surface area is 165 Å². The van der Waals surface area contributed by atoms with Gasteiger partial charge >= 0.3 is 0 Å². The summed E-state index contributed by atoms with van der Waals surface area (Å²) < 4.78 is 16.8. The summed E-state index contributed by atoms with van der Waals surface area (Å²) in [5.41, 5.74) is 0.686. The smallest absolute Gasteiger partial charge is 0.278 e. The molecule has 0 N–H and O–H groups in total. The van der Waals surface area contributed by atoms with Crippen molar-refractivity contribution >= 4 is 17.5 Å². The van der Waals surface area contributed by atoms with Crippen LogP contribution in [-0.4, -0.2) is 48.5 Å². The third-order valence-electron chi connectivity index (χ3n) is 5.11. The number of ether oxygens (including phenoxy) is 3. The van der Waals surface area contributed by atoms with Crippen LogP contribution < -0.4 is 4.74 Å². The number of methoxy groups -OCH3 is 1. The molecular weight excluding hydrogens is 380 g/mol. The average Bonchev–Trinajstić information content (AvgIpc) is 3.31. The molecule has 1 saturated heterocycles. The molecule has 9 nitrogen and oxygen atoms in total. The predicted molar refractivity (Wildman–Crippen MR) is 99.7 cm³/mol. The van der Waals surface area contributed by atoms with Crippen LogP contribution >= 0.6 is 0 Å². The summed E-state index contributed by atoms with van der Waals surface area (Å²) in [5.74, 6) is -1.85. The van der Waals surface area contributed by atoms with Gasteiger partial charge in [0.1, 0.15) is 5.75 Å². The van der Waals surface area contributed by atoms with Crippen LogP contribution in [0.25, 0.3) is 0 Å². The van der Waals surface area contributed by atoms with Crippen LogP contribution in [0.3, 0.4) is 0 Å². The number of nitro groups is 1. The van der Waals surface area contributed by atoms with E-state index in [9.17, 15) is 19.7 Å². The van der Waals surface area contributed by atoms with E-state index in [0.29, 0.717) is 16.9 Å². The molecule has 0 atom stereocenters. The maximum Gasteiger partial charge on any atom is 0.278 e. The van der Waals surface area contributed by atoms with Crippen LogP contribution in [0, 0.1) is 10.1 Å². The van der Waals surface area contributed by atoms with Gasteiger partial charge in [-0.05, 0) is 24.3 Å². The Morgan fingerprint density at radius 1 is 1.10 bits per heavy atom. The molecule has 4 rings (SSSR count). The van der Waals surface area contributed by atoms with Crippen LogP contribution in [0.4, 0.5) is 5.69 Å². The Morgan fingerprint density at radius 2 is 1.72 bits per heavy atom. The van der Waals surface area contributed by atoms with E-state index in [1.807, 2.05) is 0 Å². The molecule has 2 heterocycles. The Bertz CT molecular complexity index is 963. The lowest BCUT2D eigenvalue weighted by molar-refractivity contribution is -0.388. The fourth-order valence-corrected chi connectivity index (χ4v) is 3.70. The first-order valence-corrected chi connectivity index (χ1v) is 9.03. The molecule has 0 aliphatic carbocycles. The molecule has 150 valence electrons. The summed E-state index contributed by atoms with van der Waals surface area (Å²) in [6.07, 6.45) is 0.0481. The number of fused-ring (bicyclic) bond motifs is 1. The minimum Gasteiger partial charge on any atom is -0.497 e. The normalized spacial score (nSPS) is 17.5. The van der Waals surface area contributed by atoms with Crippen molar-refractivity contribution in [3.8, 4) is 5.75 Å². The molecule has 2 aromatic carbocycles. The Morgan fingerprint density at radius 3 is 2.28 bits per heavy atom. The fraction of sp³-hybridized carbons (Fsp3) is 0.300. The number of carbonyl (C=O) groups is 2. The van der Waals surface area contributed by atoms with E-state index in [2.05, 4.69) is 0 Å². The van der Waals surface area contributed by atoms with E-state index in [0.717, 1.165) is 4.90 Å². The van der Waals surface area contributed by atoms with Gasteiger partial charge in [-0.2, -0.15) is 0 Å². The molecule has 0 bridgehead atoms. The number of benzene rings is 2. The fourth-order valence-electron chi connectivity index (χ4n) is 3.70.